The Morgan fingerprint density at radius 2 is 2.20 bits per heavy atom. The number of nitrogens with two attached hydrogens (primary N) is 1. The number of anilines is 1. The lowest BCUT2D eigenvalue weighted by Gasteiger charge is -2.15. The van der Waals surface area contributed by atoms with Gasteiger partial charge in [-0.25, -0.2) is 0 Å². The van der Waals surface area contributed by atoms with Gasteiger partial charge in [-0.05, 0) is 31.0 Å². The summed E-state index contributed by atoms with van der Waals surface area (Å²) in [6, 6.07) is 7.24. The lowest BCUT2D eigenvalue weighted by molar-refractivity contribution is -0.00372. The van der Waals surface area contributed by atoms with Crippen LogP contribution in [-0.2, 0) is 4.74 Å². The minimum atomic E-state index is -0.595. The van der Waals surface area contributed by atoms with Gasteiger partial charge in [-0.3, -0.25) is 0 Å². The normalized spacial score (nSPS) is 14.9. The zero-order valence-electron chi connectivity index (χ0n) is 9.31. The standard InChI is InChI=1S/C12H19NO2/c1-3-9(2)15-8-12(14)10-5-4-6-11(13)7-10/h4-7,9,12,14H,3,8,13H2,1-2H3. The van der Waals surface area contributed by atoms with Crippen molar-refractivity contribution in [2.75, 3.05) is 12.3 Å². The second kappa shape index (κ2) is 5.73. The number of benzene rings is 1. The zero-order valence-corrected chi connectivity index (χ0v) is 9.31. The number of aliphatic hydroxyl groups excluding tert-OH is 1. The first-order valence-corrected chi connectivity index (χ1v) is 5.28. The summed E-state index contributed by atoms with van der Waals surface area (Å²) in [6.07, 6.45) is 0.534. The van der Waals surface area contributed by atoms with Crippen LogP contribution in [0.1, 0.15) is 31.9 Å². The van der Waals surface area contributed by atoms with E-state index in [1.807, 2.05) is 19.1 Å². The Labute approximate surface area is 90.9 Å². The van der Waals surface area contributed by atoms with Crippen molar-refractivity contribution in [3.05, 3.63) is 29.8 Å². The molecule has 2 atom stereocenters. The van der Waals surface area contributed by atoms with Crippen LogP contribution in [0.2, 0.25) is 0 Å². The molecule has 3 heteroatoms. The van der Waals surface area contributed by atoms with Crippen molar-refractivity contribution in [1.29, 1.82) is 0 Å². The van der Waals surface area contributed by atoms with Crippen molar-refractivity contribution < 1.29 is 9.84 Å². The van der Waals surface area contributed by atoms with Crippen molar-refractivity contribution in [2.45, 2.75) is 32.5 Å². The van der Waals surface area contributed by atoms with Crippen LogP contribution < -0.4 is 5.73 Å². The molecule has 0 fully saturated rings. The van der Waals surface area contributed by atoms with Crippen LogP contribution in [0, 0.1) is 0 Å². The van der Waals surface area contributed by atoms with Crippen molar-refractivity contribution >= 4 is 5.69 Å². The first-order chi connectivity index (χ1) is 7.13. The maximum Gasteiger partial charge on any atom is 0.102 e. The summed E-state index contributed by atoms with van der Waals surface area (Å²) in [6.45, 7) is 4.36. The Morgan fingerprint density at radius 1 is 1.47 bits per heavy atom. The van der Waals surface area contributed by atoms with Crippen LogP contribution in [0.25, 0.3) is 0 Å². The van der Waals surface area contributed by atoms with Gasteiger partial charge in [-0.2, -0.15) is 0 Å². The molecule has 84 valence electrons. The quantitative estimate of drug-likeness (QED) is 0.730. The van der Waals surface area contributed by atoms with Crippen molar-refractivity contribution in [1.82, 2.24) is 0 Å². The maximum atomic E-state index is 9.81. The predicted molar refractivity (Wildman–Crippen MR) is 61.5 cm³/mol. The maximum absolute atomic E-state index is 9.81. The van der Waals surface area contributed by atoms with Gasteiger partial charge in [0.15, 0.2) is 0 Å². The summed E-state index contributed by atoms with van der Waals surface area (Å²) in [5.41, 5.74) is 7.09. The monoisotopic (exact) mass is 209 g/mol. The molecule has 0 aliphatic rings. The van der Waals surface area contributed by atoms with Gasteiger partial charge in [-0.15, -0.1) is 0 Å². The molecule has 0 aliphatic carbocycles. The molecular formula is C12H19NO2. The molecule has 0 aromatic heterocycles. The van der Waals surface area contributed by atoms with E-state index in [-0.39, 0.29) is 6.10 Å². The van der Waals surface area contributed by atoms with E-state index >= 15 is 0 Å². The molecule has 0 amide bonds. The number of hydrogen-bond donors (Lipinski definition) is 2. The molecule has 0 radical (unpaired) electrons. The smallest absolute Gasteiger partial charge is 0.102 e. The average Bonchev–Trinajstić information content (AvgIpc) is 2.25. The largest absolute Gasteiger partial charge is 0.399 e. The number of rotatable bonds is 5. The summed E-state index contributed by atoms with van der Waals surface area (Å²) in [5.74, 6) is 0. The molecule has 15 heavy (non-hydrogen) atoms. The van der Waals surface area contributed by atoms with E-state index < -0.39 is 6.10 Å². The molecule has 1 aromatic rings. The first kappa shape index (κ1) is 12.0. The molecule has 1 aromatic carbocycles. The molecule has 0 heterocycles. The van der Waals surface area contributed by atoms with Gasteiger partial charge >= 0.3 is 0 Å². The molecule has 1 rings (SSSR count). The Hall–Kier alpha value is -1.06. The van der Waals surface area contributed by atoms with Crippen LogP contribution in [0.15, 0.2) is 24.3 Å². The molecule has 3 nitrogen and oxygen atoms in total. The minimum Gasteiger partial charge on any atom is -0.399 e. The van der Waals surface area contributed by atoms with E-state index in [0.29, 0.717) is 12.3 Å². The van der Waals surface area contributed by atoms with Gasteiger partial charge in [0.2, 0.25) is 0 Å². The highest BCUT2D eigenvalue weighted by Gasteiger charge is 2.09. The van der Waals surface area contributed by atoms with Crippen LogP contribution in [0.3, 0.4) is 0 Å². The third-order valence-corrected chi connectivity index (χ3v) is 2.41. The second-order valence-electron chi connectivity index (χ2n) is 3.74. The summed E-state index contributed by atoms with van der Waals surface area (Å²) >= 11 is 0. The average molecular weight is 209 g/mol. The third-order valence-electron chi connectivity index (χ3n) is 2.41. The first-order valence-electron chi connectivity index (χ1n) is 5.28. The van der Waals surface area contributed by atoms with Crippen molar-refractivity contribution in [2.24, 2.45) is 0 Å². The molecule has 0 aliphatic heterocycles. The summed E-state index contributed by atoms with van der Waals surface area (Å²) in [7, 11) is 0. The molecule has 0 saturated heterocycles. The van der Waals surface area contributed by atoms with E-state index in [1.165, 1.54) is 0 Å². The second-order valence-corrected chi connectivity index (χ2v) is 3.74. The molecule has 0 bridgehead atoms. The Balaban J connectivity index is 2.50. The number of aliphatic hydroxyl groups is 1. The fourth-order valence-electron chi connectivity index (χ4n) is 1.24. The van der Waals surface area contributed by atoms with Crippen molar-refractivity contribution in [3.63, 3.8) is 0 Å². The van der Waals surface area contributed by atoms with Crippen LogP contribution >= 0.6 is 0 Å². The fourth-order valence-corrected chi connectivity index (χ4v) is 1.24. The fraction of sp³-hybridized carbons (Fsp3) is 0.500. The van der Waals surface area contributed by atoms with Crippen LogP contribution in [-0.4, -0.2) is 17.8 Å². The molecule has 2 unspecified atom stereocenters. The van der Waals surface area contributed by atoms with E-state index in [2.05, 4.69) is 6.92 Å². The lowest BCUT2D eigenvalue weighted by Crippen LogP contribution is -2.13. The summed E-state index contributed by atoms with van der Waals surface area (Å²) < 4.78 is 5.46. The highest BCUT2D eigenvalue weighted by molar-refractivity contribution is 5.41. The van der Waals surface area contributed by atoms with E-state index in [9.17, 15) is 5.11 Å². The third kappa shape index (κ3) is 3.90. The molecule has 0 saturated carbocycles. The minimum absolute atomic E-state index is 0.181. The topological polar surface area (TPSA) is 55.5 Å². The SMILES string of the molecule is CCC(C)OCC(O)c1cccc(N)c1. The zero-order chi connectivity index (χ0) is 11.3. The highest BCUT2D eigenvalue weighted by Crippen LogP contribution is 2.16. The van der Waals surface area contributed by atoms with E-state index in [0.717, 1.165) is 12.0 Å². The van der Waals surface area contributed by atoms with Gasteiger partial charge < -0.3 is 15.6 Å². The predicted octanol–water partition coefficient (Wildman–Crippen LogP) is 2.12. The lowest BCUT2D eigenvalue weighted by atomic mass is 10.1. The Morgan fingerprint density at radius 3 is 2.80 bits per heavy atom. The number of nitrogen functional groups attached to an aromatic ring is 1. The number of hydrogen-bond acceptors (Lipinski definition) is 3. The Kier molecular flexibility index (Phi) is 4.59. The van der Waals surface area contributed by atoms with E-state index in [4.69, 9.17) is 10.5 Å². The highest BCUT2D eigenvalue weighted by atomic mass is 16.5. The summed E-state index contributed by atoms with van der Waals surface area (Å²) in [5, 5.41) is 9.81. The van der Waals surface area contributed by atoms with Gasteiger partial charge in [0.1, 0.15) is 6.10 Å². The molecule has 3 N–H and O–H groups in total. The van der Waals surface area contributed by atoms with Gasteiger partial charge in [0.05, 0.1) is 12.7 Å². The van der Waals surface area contributed by atoms with Gasteiger partial charge in [-0.1, -0.05) is 19.1 Å². The summed E-state index contributed by atoms with van der Waals surface area (Å²) in [4.78, 5) is 0. The van der Waals surface area contributed by atoms with E-state index in [1.54, 1.807) is 12.1 Å². The van der Waals surface area contributed by atoms with Crippen LogP contribution in [0.5, 0.6) is 0 Å². The van der Waals surface area contributed by atoms with Crippen molar-refractivity contribution in [3.8, 4) is 0 Å². The number of ether oxygens (including phenoxy) is 1. The van der Waals surface area contributed by atoms with Gasteiger partial charge in [0, 0.05) is 5.69 Å². The van der Waals surface area contributed by atoms with Crippen LogP contribution in [0.4, 0.5) is 5.69 Å². The molecule has 0 spiro atoms. The Bertz CT molecular complexity index is 301. The molecular weight excluding hydrogens is 190 g/mol. The van der Waals surface area contributed by atoms with Gasteiger partial charge in [0.25, 0.3) is 0 Å².